The Morgan fingerprint density at radius 3 is 2.79 bits per heavy atom. The summed E-state index contributed by atoms with van der Waals surface area (Å²) in [4.78, 5) is 10.8. The van der Waals surface area contributed by atoms with Gasteiger partial charge in [-0.05, 0) is 24.3 Å². The van der Waals surface area contributed by atoms with Gasteiger partial charge in [0.2, 0.25) is 5.76 Å². The summed E-state index contributed by atoms with van der Waals surface area (Å²) in [7, 11) is 0. The maximum atomic E-state index is 13.5. The van der Waals surface area contributed by atoms with Gasteiger partial charge in [0.25, 0.3) is 0 Å². The van der Waals surface area contributed by atoms with Gasteiger partial charge in [-0.15, -0.1) is 0 Å². The zero-order valence-electron chi connectivity index (χ0n) is 9.82. The van der Waals surface area contributed by atoms with Crippen LogP contribution in [0.15, 0.2) is 39.4 Å². The number of rotatable bonds is 5. The Morgan fingerprint density at radius 2 is 2.05 bits per heavy atom. The van der Waals surface area contributed by atoms with Crippen LogP contribution in [0.2, 0.25) is 0 Å². The van der Waals surface area contributed by atoms with Crippen LogP contribution in [0.4, 0.5) is 4.39 Å². The van der Waals surface area contributed by atoms with Crippen molar-refractivity contribution in [2.24, 2.45) is 0 Å². The zero-order chi connectivity index (χ0) is 13.8. The lowest BCUT2D eigenvalue weighted by Gasteiger charge is -2.06. The number of halogens is 2. The SMILES string of the molecule is O=C(O)c1occc1CNCc1cc(Br)ccc1F. The van der Waals surface area contributed by atoms with Gasteiger partial charge in [0.15, 0.2) is 0 Å². The molecule has 2 N–H and O–H groups in total. The number of aromatic carboxylic acids is 1. The van der Waals surface area contributed by atoms with Crippen molar-refractivity contribution < 1.29 is 18.7 Å². The molecule has 1 aromatic carbocycles. The molecule has 0 amide bonds. The van der Waals surface area contributed by atoms with Crippen molar-refractivity contribution in [3.8, 4) is 0 Å². The smallest absolute Gasteiger partial charge is 0.372 e. The second-order valence-electron chi connectivity index (χ2n) is 3.92. The van der Waals surface area contributed by atoms with E-state index < -0.39 is 5.97 Å². The Labute approximate surface area is 117 Å². The molecule has 0 spiro atoms. The van der Waals surface area contributed by atoms with Crippen LogP contribution in [0.3, 0.4) is 0 Å². The molecule has 2 rings (SSSR count). The van der Waals surface area contributed by atoms with E-state index in [1.54, 1.807) is 18.2 Å². The van der Waals surface area contributed by atoms with Crippen LogP contribution in [-0.4, -0.2) is 11.1 Å². The topological polar surface area (TPSA) is 62.5 Å². The van der Waals surface area contributed by atoms with Gasteiger partial charge >= 0.3 is 5.97 Å². The van der Waals surface area contributed by atoms with E-state index >= 15 is 0 Å². The highest BCUT2D eigenvalue weighted by atomic mass is 79.9. The zero-order valence-corrected chi connectivity index (χ0v) is 11.4. The average molecular weight is 328 g/mol. The Morgan fingerprint density at radius 1 is 1.32 bits per heavy atom. The van der Waals surface area contributed by atoms with Crippen LogP contribution >= 0.6 is 15.9 Å². The molecule has 2 aromatic rings. The van der Waals surface area contributed by atoms with Crippen molar-refractivity contribution in [3.63, 3.8) is 0 Å². The molecule has 1 heterocycles. The molecule has 1 aromatic heterocycles. The lowest BCUT2D eigenvalue weighted by atomic mass is 10.2. The molecule has 4 nitrogen and oxygen atoms in total. The highest BCUT2D eigenvalue weighted by Crippen LogP contribution is 2.16. The van der Waals surface area contributed by atoms with Crippen LogP contribution in [0, 0.1) is 5.82 Å². The first-order chi connectivity index (χ1) is 9.08. The summed E-state index contributed by atoms with van der Waals surface area (Å²) in [5, 5.41) is 11.8. The second kappa shape index (κ2) is 5.99. The number of carboxylic acids is 1. The number of carboxylic acid groups (broad SMARTS) is 1. The molecule has 0 fully saturated rings. The monoisotopic (exact) mass is 327 g/mol. The molecule has 0 bridgehead atoms. The molecule has 0 aliphatic heterocycles. The number of nitrogens with one attached hydrogen (secondary N) is 1. The fourth-order valence-corrected chi connectivity index (χ4v) is 2.08. The molecule has 0 aliphatic carbocycles. The molecular weight excluding hydrogens is 317 g/mol. The third-order valence-electron chi connectivity index (χ3n) is 2.58. The van der Waals surface area contributed by atoms with E-state index in [0.717, 1.165) is 4.47 Å². The molecule has 0 unspecified atom stereocenters. The van der Waals surface area contributed by atoms with Crippen molar-refractivity contribution in [3.05, 3.63) is 57.7 Å². The normalized spacial score (nSPS) is 10.6. The highest BCUT2D eigenvalue weighted by Gasteiger charge is 2.13. The quantitative estimate of drug-likeness (QED) is 0.885. The second-order valence-corrected chi connectivity index (χ2v) is 4.84. The van der Waals surface area contributed by atoms with Gasteiger partial charge in [0.05, 0.1) is 6.26 Å². The van der Waals surface area contributed by atoms with E-state index in [2.05, 4.69) is 21.2 Å². The first kappa shape index (κ1) is 13.8. The lowest BCUT2D eigenvalue weighted by molar-refractivity contribution is 0.0660. The molecule has 100 valence electrons. The summed E-state index contributed by atoms with van der Waals surface area (Å²) < 4.78 is 19.1. The summed E-state index contributed by atoms with van der Waals surface area (Å²) >= 11 is 3.27. The van der Waals surface area contributed by atoms with Crippen LogP contribution in [0.25, 0.3) is 0 Å². The van der Waals surface area contributed by atoms with Crippen molar-refractivity contribution >= 4 is 21.9 Å². The Bertz CT molecular complexity index is 597. The van der Waals surface area contributed by atoms with Crippen LogP contribution in [0.5, 0.6) is 0 Å². The van der Waals surface area contributed by atoms with E-state index in [4.69, 9.17) is 9.52 Å². The maximum absolute atomic E-state index is 13.5. The van der Waals surface area contributed by atoms with Gasteiger partial charge in [0.1, 0.15) is 5.82 Å². The van der Waals surface area contributed by atoms with Gasteiger partial charge < -0.3 is 14.8 Å². The summed E-state index contributed by atoms with van der Waals surface area (Å²) in [5.74, 6) is -1.51. The van der Waals surface area contributed by atoms with Crippen molar-refractivity contribution in [2.75, 3.05) is 0 Å². The van der Waals surface area contributed by atoms with Crippen LogP contribution < -0.4 is 5.32 Å². The Balaban J connectivity index is 1.98. The van der Waals surface area contributed by atoms with Crippen LogP contribution in [-0.2, 0) is 13.1 Å². The molecule has 0 radical (unpaired) electrons. The molecule has 19 heavy (non-hydrogen) atoms. The van der Waals surface area contributed by atoms with E-state index in [0.29, 0.717) is 24.2 Å². The van der Waals surface area contributed by atoms with Gasteiger partial charge in [-0.25, -0.2) is 9.18 Å². The first-order valence-corrected chi connectivity index (χ1v) is 6.31. The third-order valence-corrected chi connectivity index (χ3v) is 3.07. The van der Waals surface area contributed by atoms with E-state index in [-0.39, 0.29) is 11.6 Å². The number of benzene rings is 1. The van der Waals surface area contributed by atoms with Crippen LogP contribution in [0.1, 0.15) is 21.7 Å². The minimum atomic E-state index is -1.12. The molecule has 0 saturated heterocycles. The van der Waals surface area contributed by atoms with Crippen molar-refractivity contribution in [1.82, 2.24) is 5.32 Å². The van der Waals surface area contributed by atoms with Crippen molar-refractivity contribution in [2.45, 2.75) is 13.1 Å². The largest absolute Gasteiger partial charge is 0.475 e. The number of hydrogen-bond donors (Lipinski definition) is 2. The summed E-state index contributed by atoms with van der Waals surface area (Å²) in [6.07, 6.45) is 1.32. The molecule has 0 saturated carbocycles. The average Bonchev–Trinajstić information content (AvgIpc) is 2.82. The summed E-state index contributed by atoms with van der Waals surface area (Å²) in [6, 6.07) is 6.25. The number of hydrogen-bond acceptors (Lipinski definition) is 3. The van der Waals surface area contributed by atoms with Gasteiger partial charge in [-0.2, -0.15) is 0 Å². The molecule has 0 aliphatic rings. The van der Waals surface area contributed by atoms with Gasteiger partial charge in [0, 0.05) is 28.7 Å². The molecular formula is C13H11BrFNO3. The fraction of sp³-hybridized carbons (Fsp3) is 0.154. The Hall–Kier alpha value is -1.66. The number of carbonyl (C=O) groups is 1. The third kappa shape index (κ3) is 3.42. The highest BCUT2D eigenvalue weighted by molar-refractivity contribution is 9.10. The standard InChI is InChI=1S/C13H11BrFNO3/c14-10-1-2-11(15)9(5-10)7-16-6-8-3-4-19-12(8)13(17)18/h1-5,16H,6-7H2,(H,17,18). The van der Waals surface area contributed by atoms with E-state index in [1.807, 2.05) is 0 Å². The van der Waals surface area contributed by atoms with Crippen molar-refractivity contribution in [1.29, 1.82) is 0 Å². The van der Waals surface area contributed by atoms with E-state index in [9.17, 15) is 9.18 Å². The summed E-state index contributed by atoms with van der Waals surface area (Å²) in [6.45, 7) is 0.597. The minimum Gasteiger partial charge on any atom is -0.475 e. The molecule has 0 atom stereocenters. The number of furan rings is 1. The maximum Gasteiger partial charge on any atom is 0.372 e. The van der Waals surface area contributed by atoms with E-state index in [1.165, 1.54) is 12.3 Å². The Kier molecular flexibility index (Phi) is 4.34. The predicted molar refractivity (Wildman–Crippen MR) is 70.3 cm³/mol. The lowest BCUT2D eigenvalue weighted by Crippen LogP contribution is -2.15. The van der Waals surface area contributed by atoms with Gasteiger partial charge in [-0.3, -0.25) is 0 Å². The minimum absolute atomic E-state index is 0.0952. The molecule has 6 heteroatoms. The fourth-order valence-electron chi connectivity index (χ4n) is 1.67. The predicted octanol–water partition coefficient (Wildman–Crippen LogP) is 3.17. The van der Waals surface area contributed by atoms with Gasteiger partial charge in [-0.1, -0.05) is 15.9 Å². The first-order valence-electron chi connectivity index (χ1n) is 5.52. The summed E-state index contributed by atoms with van der Waals surface area (Å²) in [5.41, 5.74) is 1.04.